The van der Waals surface area contributed by atoms with Gasteiger partial charge in [0.1, 0.15) is 5.75 Å². The van der Waals surface area contributed by atoms with E-state index in [1.165, 1.54) is 31.2 Å². The van der Waals surface area contributed by atoms with Gasteiger partial charge in [-0.15, -0.1) is 0 Å². The number of hydrogen-bond acceptors (Lipinski definition) is 2. The largest absolute Gasteiger partial charge is 0.497 e. The number of benzene rings is 1. The van der Waals surface area contributed by atoms with E-state index in [2.05, 4.69) is 26.0 Å². The summed E-state index contributed by atoms with van der Waals surface area (Å²) in [4.78, 5) is 0. The summed E-state index contributed by atoms with van der Waals surface area (Å²) in [5.41, 5.74) is 8.53. The van der Waals surface area contributed by atoms with Crippen molar-refractivity contribution in [2.75, 3.05) is 7.11 Å². The van der Waals surface area contributed by atoms with Gasteiger partial charge in [0.15, 0.2) is 0 Å². The number of methoxy groups -OCH3 is 1. The van der Waals surface area contributed by atoms with E-state index in [4.69, 9.17) is 10.5 Å². The second kappa shape index (κ2) is 6.17. The predicted octanol–water partition coefficient (Wildman–Crippen LogP) is 4.32. The first-order valence-corrected chi connectivity index (χ1v) is 7.84. The van der Waals surface area contributed by atoms with Gasteiger partial charge in [-0.05, 0) is 61.6 Å². The molecule has 0 saturated heterocycles. The Morgan fingerprint density at radius 2 is 1.75 bits per heavy atom. The Labute approximate surface area is 123 Å². The molecule has 1 saturated carbocycles. The molecule has 2 nitrogen and oxygen atoms in total. The fourth-order valence-corrected chi connectivity index (χ4v) is 3.19. The van der Waals surface area contributed by atoms with E-state index < -0.39 is 0 Å². The molecule has 2 rings (SSSR count). The van der Waals surface area contributed by atoms with Gasteiger partial charge in [-0.2, -0.15) is 0 Å². The van der Waals surface area contributed by atoms with Gasteiger partial charge in [0.25, 0.3) is 0 Å². The molecule has 1 fully saturated rings. The van der Waals surface area contributed by atoms with Gasteiger partial charge in [-0.3, -0.25) is 0 Å². The second-order valence-corrected chi connectivity index (χ2v) is 7.23. The Kier molecular flexibility index (Phi) is 4.74. The van der Waals surface area contributed by atoms with Gasteiger partial charge in [-0.25, -0.2) is 0 Å². The maximum absolute atomic E-state index is 6.66. The lowest BCUT2D eigenvalue weighted by molar-refractivity contribution is 0.291. The molecule has 1 aromatic carbocycles. The standard InChI is InChI=1S/C18H29NO/c1-17(2)10-4-11-18(19,14-13-17)12-9-15-5-7-16(20-3)8-6-15/h5-8H,4,9-14,19H2,1-3H3. The zero-order valence-corrected chi connectivity index (χ0v) is 13.2. The van der Waals surface area contributed by atoms with Crippen LogP contribution in [0.3, 0.4) is 0 Å². The first-order chi connectivity index (χ1) is 9.42. The molecule has 0 spiro atoms. The third-order valence-corrected chi connectivity index (χ3v) is 4.90. The van der Waals surface area contributed by atoms with Crippen molar-refractivity contribution in [2.24, 2.45) is 11.1 Å². The summed E-state index contributed by atoms with van der Waals surface area (Å²) in [5, 5.41) is 0. The minimum Gasteiger partial charge on any atom is -0.497 e. The Morgan fingerprint density at radius 3 is 2.40 bits per heavy atom. The number of hydrogen-bond donors (Lipinski definition) is 1. The average molecular weight is 275 g/mol. The molecule has 20 heavy (non-hydrogen) atoms. The summed E-state index contributed by atoms with van der Waals surface area (Å²) >= 11 is 0. The Morgan fingerprint density at radius 1 is 1.05 bits per heavy atom. The van der Waals surface area contributed by atoms with Gasteiger partial charge < -0.3 is 10.5 Å². The molecule has 1 unspecified atom stereocenters. The highest BCUT2D eigenvalue weighted by Crippen LogP contribution is 2.38. The molecule has 0 aromatic heterocycles. The van der Waals surface area contributed by atoms with Crippen LogP contribution in [0, 0.1) is 5.41 Å². The molecule has 0 radical (unpaired) electrons. The summed E-state index contributed by atoms with van der Waals surface area (Å²) < 4.78 is 5.20. The molecule has 0 amide bonds. The average Bonchev–Trinajstić information content (AvgIpc) is 2.57. The van der Waals surface area contributed by atoms with Gasteiger partial charge in [-0.1, -0.05) is 32.4 Å². The summed E-state index contributed by atoms with van der Waals surface area (Å²) in [6.07, 6.45) is 8.34. The van der Waals surface area contributed by atoms with Crippen molar-refractivity contribution in [1.29, 1.82) is 0 Å². The second-order valence-electron chi connectivity index (χ2n) is 7.23. The van der Waals surface area contributed by atoms with Gasteiger partial charge >= 0.3 is 0 Å². The van der Waals surface area contributed by atoms with Crippen molar-refractivity contribution in [2.45, 2.75) is 64.3 Å². The third kappa shape index (κ3) is 4.24. The zero-order chi connectivity index (χ0) is 14.6. The monoisotopic (exact) mass is 275 g/mol. The van der Waals surface area contributed by atoms with Crippen LogP contribution in [0.4, 0.5) is 0 Å². The van der Waals surface area contributed by atoms with Crippen molar-refractivity contribution >= 4 is 0 Å². The highest BCUT2D eigenvalue weighted by atomic mass is 16.5. The van der Waals surface area contributed by atoms with Crippen molar-refractivity contribution in [1.82, 2.24) is 0 Å². The van der Waals surface area contributed by atoms with Crippen molar-refractivity contribution in [3.63, 3.8) is 0 Å². The SMILES string of the molecule is COc1ccc(CCC2(N)CCCC(C)(C)CC2)cc1. The number of rotatable bonds is 4. The lowest BCUT2D eigenvalue weighted by atomic mass is 9.82. The van der Waals surface area contributed by atoms with E-state index in [1.807, 2.05) is 12.1 Å². The van der Waals surface area contributed by atoms with Crippen LogP contribution < -0.4 is 10.5 Å². The van der Waals surface area contributed by atoms with E-state index in [0.717, 1.165) is 25.0 Å². The highest BCUT2D eigenvalue weighted by Gasteiger charge is 2.32. The van der Waals surface area contributed by atoms with Crippen LogP contribution in [-0.2, 0) is 6.42 Å². The van der Waals surface area contributed by atoms with Crippen LogP contribution in [0.1, 0.15) is 57.9 Å². The van der Waals surface area contributed by atoms with E-state index in [-0.39, 0.29) is 5.54 Å². The maximum Gasteiger partial charge on any atom is 0.118 e. The van der Waals surface area contributed by atoms with Crippen LogP contribution in [0.25, 0.3) is 0 Å². The van der Waals surface area contributed by atoms with Crippen LogP contribution in [0.15, 0.2) is 24.3 Å². The van der Waals surface area contributed by atoms with Crippen LogP contribution in [0.5, 0.6) is 5.75 Å². The zero-order valence-electron chi connectivity index (χ0n) is 13.2. The molecule has 1 aliphatic rings. The third-order valence-electron chi connectivity index (χ3n) is 4.90. The Hall–Kier alpha value is -1.02. The molecule has 1 atom stereocenters. The molecule has 1 aliphatic carbocycles. The number of aryl methyl sites for hydroxylation is 1. The predicted molar refractivity (Wildman–Crippen MR) is 85.1 cm³/mol. The summed E-state index contributed by atoms with van der Waals surface area (Å²) in [5.74, 6) is 0.924. The normalized spacial score (nSPS) is 26.0. The summed E-state index contributed by atoms with van der Waals surface area (Å²) in [6, 6.07) is 8.38. The highest BCUT2D eigenvalue weighted by molar-refractivity contribution is 5.27. The first kappa shape index (κ1) is 15.4. The first-order valence-electron chi connectivity index (χ1n) is 7.84. The molecule has 2 N–H and O–H groups in total. The van der Waals surface area contributed by atoms with Crippen LogP contribution >= 0.6 is 0 Å². The molecular weight excluding hydrogens is 246 g/mol. The fourth-order valence-electron chi connectivity index (χ4n) is 3.19. The maximum atomic E-state index is 6.66. The molecule has 0 bridgehead atoms. The minimum absolute atomic E-state index is 0.0354. The number of nitrogens with two attached hydrogens (primary N) is 1. The molecular formula is C18H29NO. The Balaban J connectivity index is 1.91. The lowest BCUT2D eigenvalue weighted by Gasteiger charge is -2.29. The van der Waals surface area contributed by atoms with Crippen LogP contribution in [0.2, 0.25) is 0 Å². The summed E-state index contributed by atoms with van der Waals surface area (Å²) in [6.45, 7) is 4.75. The molecule has 1 aromatic rings. The quantitative estimate of drug-likeness (QED) is 0.831. The topological polar surface area (TPSA) is 35.2 Å². The minimum atomic E-state index is 0.0354. The van der Waals surface area contributed by atoms with Crippen LogP contribution in [-0.4, -0.2) is 12.6 Å². The van der Waals surface area contributed by atoms with E-state index in [1.54, 1.807) is 7.11 Å². The lowest BCUT2D eigenvalue weighted by Crippen LogP contribution is -2.39. The fraction of sp³-hybridized carbons (Fsp3) is 0.667. The van der Waals surface area contributed by atoms with Crippen molar-refractivity contribution in [3.8, 4) is 5.75 Å². The van der Waals surface area contributed by atoms with Gasteiger partial charge in [0.2, 0.25) is 0 Å². The van der Waals surface area contributed by atoms with Crippen molar-refractivity contribution < 1.29 is 4.74 Å². The molecule has 112 valence electrons. The van der Waals surface area contributed by atoms with E-state index >= 15 is 0 Å². The van der Waals surface area contributed by atoms with Gasteiger partial charge in [0.05, 0.1) is 7.11 Å². The van der Waals surface area contributed by atoms with E-state index in [9.17, 15) is 0 Å². The molecule has 0 aliphatic heterocycles. The summed E-state index contributed by atoms with van der Waals surface area (Å²) in [7, 11) is 1.71. The smallest absolute Gasteiger partial charge is 0.118 e. The molecule has 0 heterocycles. The van der Waals surface area contributed by atoms with Gasteiger partial charge in [0, 0.05) is 5.54 Å². The molecule has 2 heteroatoms. The van der Waals surface area contributed by atoms with Crippen molar-refractivity contribution in [3.05, 3.63) is 29.8 Å². The van der Waals surface area contributed by atoms with E-state index in [0.29, 0.717) is 5.41 Å². The number of ether oxygens (including phenoxy) is 1. The Bertz CT molecular complexity index is 424.